The quantitative estimate of drug-likeness (QED) is 0.319. The summed E-state index contributed by atoms with van der Waals surface area (Å²) in [6.07, 6.45) is 0. The molecule has 9 heteroatoms. The molecule has 0 amide bonds. The second kappa shape index (κ2) is 8.68. The molecule has 1 aliphatic heterocycles. The molecule has 1 aliphatic rings. The summed E-state index contributed by atoms with van der Waals surface area (Å²) in [5, 5.41) is 2.92. The normalized spacial score (nSPS) is 15.2. The number of carbonyl (C=O) groups excluding carboxylic acids is 1. The van der Waals surface area contributed by atoms with Crippen molar-refractivity contribution in [1.29, 1.82) is 0 Å². The lowest BCUT2D eigenvalue weighted by Gasteiger charge is -2.20. The first-order valence-electron chi connectivity index (χ1n) is 10.5. The first kappa shape index (κ1) is 23.1. The molecule has 33 heavy (non-hydrogen) atoms. The van der Waals surface area contributed by atoms with Gasteiger partial charge in [0.25, 0.3) is 0 Å². The minimum atomic E-state index is -0.916. The molecule has 6 nitrogen and oxygen atoms in total. The minimum absolute atomic E-state index is 0.0302. The van der Waals surface area contributed by atoms with Crippen molar-refractivity contribution in [2.75, 3.05) is 12.3 Å². The average Bonchev–Trinajstić information content (AvgIpc) is 3.57. The van der Waals surface area contributed by atoms with E-state index in [1.54, 1.807) is 12.1 Å². The zero-order valence-corrected chi connectivity index (χ0v) is 19.1. The predicted molar refractivity (Wildman–Crippen MR) is 123 cm³/mol. The van der Waals surface area contributed by atoms with E-state index in [9.17, 15) is 18.4 Å². The van der Waals surface area contributed by atoms with Crippen LogP contribution in [0, 0.1) is 18.6 Å². The Balaban J connectivity index is 1.92. The van der Waals surface area contributed by atoms with E-state index in [-0.39, 0.29) is 40.6 Å². The van der Waals surface area contributed by atoms with Crippen LogP contribution in [0.5, 0.6) is 0 Å². The fraction of sp³-hybridized carbons (Fsp3) is 0.292. The molecule has 1 fully saturated rings. The Morgan fingerprint density at radius 3 is 2.58 bits per heavy atom. The van der Waals surface area contributed by atoms with Crippen molar-refractivity contribution in [3.63, 3.8) is 0 Å². The zero-order chi connectivity index (χ0) is 24.0. The van der Waals surface area contributed by atoms with Crippen molar-refractivity contribution >= 4 is 23.2 Å². The number of benzene rings is 2. The van der Waals surface area contributed by atoms with Gasteiger partial charge in [-0.3, -0.25) is 9.36 Å². The first-order chi connectivity index (χ1) is 15.6. The Bertz CT molecular complexity index is 1330. The number of anilines is 1. The Labute approximate surface area is 194 Å². The molecule has 1 unspecified atom stereocenters. The van der Waals surface area contributed by atoms with E-state index in [0.717, 1.165) is 28.3 Å². The summed E-state index contributed by atoms with van der Waals surface area (Å²) in [7, 11) is 0. The fourth-order valence-corrected chi connectivity index (χ4v) is 4.16. The number of nitrogens with one attached hydrogen (secondary N) is 1. The second-order valence-corrected chi connectivity index (χ2v) is 8.97. The van der Waals surface area contributed by atoms with Crippen LogP contribution < -0.4 is 16.7 Å². The summed E-state index contributed by atoms with van der Waals surface area (Å²) in [6, 6.07) is 7.44. The van der Waals surface area contributed by atoms with Gasteiger partial charge in [-0.1, -0.05) is 37.1 Å². The predicted octanol–water partition coefficient (Wildman–Crippen LogP) is 4.11. The van der Waals surface area contributed by atoms with Gasteiger partial charge in [-0.2, -0.15) is 4.98 Å². The molecule has 0 aliphatic carbocycles. The molecular weight excluding hydrogens is 450 g/mol. The van der Waals surface area contributed by atoms with Gasteiger partial charge in [0.05, 0.1) is 11.6 Å². The summed E-state index contributed by atoms with van der Waals surface area (Å²) < 4.78 is 29.2. The Morgan fingerprint density at radius 2 is 1.94 bits per heavy atom. The molecule has 1 aromatic heterocycles. The summed E-state index contributed by atoms with van der Waals surface area (Å²) in [5.41, 5.74) is 7.87. The van der Waals surface area contributed by atoms with Crippen molar-refractivity contribution < 1.29 is 13.6 Å². The largest absolute Gasteiger partial charge is 0.383 e. The van der Waals surface area contributed by atoms with Gasteiger partial charge in [0.1, 0.15) is 23.1 Å². The van der Waals surface area contributed by atoms with Gasteiger partial charge in [0, 0.05) is 35.3 Å². The molecule has 0 bridgehead atoms. The Morgan fingerprint density at radius 1 is 1.24 bits per heavy atom. The zero-order valence-electron chi connectivity index (χ0n) is 18.4. The summed E-state index contributed by atoms with van der Waals surface area (Å²) in [6.45, 7) is 6.00. The van der Waals surface area contributed by atoms with E-state index in [0.29, 0.717) is 17.2 Å². The molecule has 4 rings (SSSR count). The lowest BCUT2D eigenvalue weighted by atomic mass is 9.94. The highest BCUT2D eigenvalue weighted by molar-refractivity contribution is 6.30. The number of rotatable bonds is 6. The molecule has 0 saturated carbocycles. The fourth-order valence-electron chi connectivity index (χ4n) is 3.98. The van der Waals surface area contributed by atoms with Crippen molar-refractivity contribution in [3.8, 4) is 0 Å². The molecule has 0 spiro atoms. The lowest BCUT2D eigenvalue weighted by Crippen LogP contribution is -2.32. The maximum atomic E-state index is 14.5. The third-order valence-electron chi connectivity index (χ3n) is 5.63. The number of hydrogen-bond donors (Lipinski definition) is 2. The number of ketones is 1. The van der Waals surface area contributed by atoms with Crippen molar-refractivity contribution in [3.05, 3.63) is 91.0 Å². The van der Waals surface area contributed by atoms with Crippen LogP contribution in [0.4, 0.5) is 14.6 Å². The maximum absolute atomic E-state index is 14.5. The van der Waals surface area contributed by atoms with E-state index >= 15 is 0 Å². The third-order valence-corrected chi connectivity index (χ3v) is 5.92. The Kier molecular flexibility index (Phi) is 6.07. The van der Waals surface area contributed by atoms with Crippen LogP contribution in [-0.4, -0.2) is 21.9 Å². The molecular formula is C24H23ClF2N4O2. The van der Waals surface area contributed by atoms with Crippen molar-refractivity contribution in [2.24, 2.45) is 0 Å². The first-order valence-corrected chi connectivity index (χ1v) is 10.9. The monoisotopic (exact) mass is 472 g/mol. The van der Waals surface area contributed by atoms with Crippen LogP contribution in [0.2, 0.25) is 5.02 Å². The van der Waals surface area contributed by atoms with Crippen molar-refractivity contribution in [1.82, 2.24) is 14.9 Å². The topological polar surface area (TPSA) is 99.9 Å². The lowest BCUT2D eigenvalue weighted by molar-refractivity contribution is 0.102. The van der Waals surface area contributed by atoms with Gasteiger partial charge in [-0.25, -0.2) is 13.6 Å². The molecule has 0 radical (unpaired) electrons. The van der Waals surface area contributed by atoms with E-state index in [2.05, 4.69) is 10.3 Å². The molecule has 172 valence electrons. The number of halogens is 3. The number of carbonyl (C=O) groups is 1. The number of nitrogens with two attached hydrogens (primary N) is 1. The van der Waals surface area contributed by atoms with Gasteiger partial charge in [0.15, 0.2) is 0 Å². The van der Waals surface area contributed by atoms with Gasteiger partial charge in [-0.05, 0) is 36.6 Å². The molecule has 2 aromatic carbocycles. The third kappa shape index (κ3) is 4.54. The average molecular weight is 473 g/mol. The van der Waals surface area contributed by atoms with E-state index in [4.69, 9.17) is 17.3 Å². The van der Waals surface area contributed by atoms with Gasteiger partial charge in [0.2, 0.25) is 5.78 Å². The van der Waals surface area contributed by atoms with Gasteiger partial charge in [-0.15, -0.1) is 0 Å². The molecule has 3 aromatic rings. The number of nitrogen functional groups attached to an aromatic ring is 1. The number of nitrogens with zero attached hydrogens (tertiary/aromatic N) is 2. The molecule has 1 saturated heterocycles. The molecule has 3 N–H and O–H groups in total. The van der Waals surface area contributed by atoms with Crippen LogP contribution in [-0.2, 0) is 6.54 Å². The summed E-state index contributed by atoms with van der Waals surface area (Å²) >= 11 is 5.83. The van der Waals surface area contributed by atoms with Crippen LogP contribution in [0.1, 0.15) is 64.1 Å². The van der Waals surface area contributed by atoms with Crippen LogP contribution in [0.3, 0.4) is 0 Å². The standard InChI is InChI=1S/C24H23ClF2N4O2/c1-11(2)20-21(22(32)14-5-12(3)4-13(6-14)19-9-29-19)31(24(33)30-23(20)28)10-15-7-16(25)18(27)8-17(15)26/h4-8,11,19,29H,9-10H2,1-3H3,(H2,28,30,33). The molecule has 1 atom stereocenters. The maximum Gasteiger partial charge on any atom is 0.350 e. The number of hydrogen-bond acceptors (Lipinski definition) is 5. The highest BCUT2D eigenvalue weighted by Crippen LogP contribution is 2.29. The van der Waals surface area contributed by atoms with Crippen LogP contribution in [0.15, 0.2) is 35.1 Å². The van der Waals surface area contributed by atoms with Crippen LogP contribution >= 0.6 is 11.6 Å². The van der Waals surface area contributed by atoms with E-state index in [1.165, 1.54) is 0 Å². The van der Waals surface area contributed by atoms with E-state index in [1.807, 2.05) is 26.8 Å². The SMILES string of the molecule is Cc1cc(C(=O)c2c(C(C)C)c(N)nc(=O)n2Cc2cc(Cl)c(F)cc2F)cc(C2CN2)c1. The Hall–Kier alpha value is -3.10. The van der Waals surface area contributed by atoms with E-state index < -0.39 is 23.1 Å². The summed E-state index contributed by atoms with van der Waals surface area (Å²) in [5.74, 6) is -2.53. The van der Waals surface area contributed by atoms with Gasteiger partial charge >= 0.3 is 5.69 Å². The highest BCUT2D eigenvalue weighted by Gasteiger charge is 2.28. The minimum Gasteiger partial charge on any atom is -0.383 e. The highest BCUT2D eigenvalue weighted by atomic mass is 35.5. The second-order valence-electron chi connectivity index (χ2n) is 8.56. The summed E-state index contributed by atoms with van der Waals surface area (Å²) in [4.78, 5) is 30.5. The number of aryl methyl sites for hydroxylation is 1. The van der Waals surface area contributed by atoms with Crippen LogP contribution in [0.25, 0.3) is 0 Å². The smallest absolute Gasteiger partial charge is 0.350 e. The van der Waals surface area contributed by atoms with Gasteiger partial charge < -0.3 is 11.1 Å². The number of aromatic nitrogens is 2. The molecule has 2 heterocycles. The van der Waals surface area contributed by atoms with Crippen molar-refractivity contribution in [2.45, 2.75) is 39.3 Å².